The van der Waals surface area contributed by atoms with Crippen LogP contribution in [-0.4, -0.2) is 18.2 Å². The number of rotatable bonds is 6. The molecule has 0 aliphatic heterocycles. The van der Waals surface area contributed by atoms with Gasteiger partial charge in [0.05, 0.1) is 10.2 Å². The van der Waals surface area contributed by atoms with E-state index < -0.39 is 0 Å². The van der Waals surface area contributed by atoms with E-state index in [2.05, 4.69) is 54.5 Å². The predicted octanol–water partition coefficient (Wildman–Crippen LogP) is 6.95. The van der Waals surface area contributed by atoms with Gasteiger partial charge in [-0.3, -0.25) is 4.79 Å². The molecule has 4 aromatic carbocycles. The van der Waals surface area contributed by atoms with Crippen molar-refractivity contribution < 1.29 is 9.53 Å². The van der Waals surface area contributed by atoms with Crippen molar-refractivity contribution in [3.05, 3.63) is 99.4 Å². The fraction of sp³-hybridized carbons (Fsp3) is 0.0769. The molecule has 0 radical (unpaired) electrons. The molecule has 4 rings (SSSR count). The molecule has 0 heterocycles. The van der Waals surface area contributed by atoms with E-state index >= 15 is 0 Å². The number of hydrogen-bond donors (Lipinski definition) is 1. The Balaban J connectivity index is 1.36. The number of fused-ring (bicyclic) bond motifs is 1. The Bertz CT molecular complexity index is 1290. The number of carbonyl (C=O) groups excluding carboxylic acids is 1. The summed E-state index contributed by atoms with van der Waals surface area (Å²) in [5.41, 5.74) is 6.51. The summed E-state index contributed by atoms with van der Waals surface area (Å²) in [4.78, 5) is 12.2. The van der Waals surface area contributed by atoms with Crippen molar-refractivity contribution in [1.29, 1.82) is 0 Å². The van der Waals surface area contributed by atoms with Crippen LogP contribution in [0.1, 0.15) is 12.5 Å². The van der Waals surface area contributed by atoms with Crippen LogP contribution in [0, 0.1) is 0 Å². The van der Waals surface area contributed by atoms with E-state index in [-0.39, 0.29) is 12.5 Å². The summed E-state index contributed by atoms with van der Waals surface area (Å²) in [6, 6.07) is 28.0. The molecule has 4 aromatic rings. The Kier molecular flexibility index (Phi) is 7.02. The highest BCUT2D eigenvalue weighted by Crippen LogP contribution is 2.34. The monoisotopic (exact) mass is 550 g/mol. The Morgan fingerprint density at radius 3 is 2.38 bits per heavy atom. The second kappa shape index (κ2) is 10.1. The highest BCUT2D eigenvalue weighted by molar-refractivity contribution is 9.11. The van der Waals surface area contributed by atoms with Gasteiger partial charge in [-0.2, -0.15) is 5.10 Å². The summed E-state index contributed by atoms with van der Waals surface area (Å²) in [5, 5.41) is 6.30. The minimum Gasteiger partial charge on any atom is -0.483 e. The van der Waals surface area contributed by atoms with Crippen molar-refractivity contribution in [2.45, 2.75) is 6.92 Å². The first-order valence-corrected chi connectivity index (χ1v) is 11.6. The molecule has 1 amide bonds. The molecule has 6 heteroatoms. The van der Waals surface area contributed by atoms with Crippen molar-refractivity contribution in [2.75, 3.05) is 6.61 Å². The molecule has 0 spiro atoms. The third kappa shape index (κ3) is 5.26. The molecule has 160 valence electrons. The van der Waals surface area contributed by atoms with Crippen LogP contribution in [-0.2, 0) is 4.79 Å². The summed E-state index contributed by atoms with van der Waals surface area (Å²) in [7, 11) is 0. The molecule has 0 saturated carbocycles. The fourth-order valence-corrected chi connectivity index (χ4v) is 4.26. The van der Waals surface area contributed by atoms with Crippen LogP contribution in [0.15, 0.2) is 99.0 Å². The van der Waals surface area contributed by atoms with Gasteiger partial charge in [0.1, 0.15) is 5.75 Å². The van der Waals surface area contributed by atoms with E-state index in [4.69, 9.17) is 4.74 Å². The molecule has 4 nitrogen and oxygen atoms in total. The van der Waals surface area contributed by atoms with E-state index in [0.29, 0.717) is 5.75 Å². The normalized spacial score (nSPS) is 11.4. The lowest BCUT2D eigenvalue weighted by atomic mass is 10.0. The maximum absolute atomic E-state index is 12.2. The standard InChI is InChI=1S/C26H20Br2N2O2/c1-17(18-7-9-20(10-8-18)19-5-3-2-4-6-19)29-30-25(31)16-32-24-14-11-21-15-22(27)12-13-23(21)26(24)28/h2-15H,16H2,1H3,(H,30,31)/b29-17+. The zero-order chi connectivity index (χ0) is 22.5. The van der Waals surface area contributed by atoms with Gasteiger partial charge in [-0.05, 0) is 68.5 Å². The van der Waals surface area contributed by atoms with Crippen molar-refractivity contribution in [1.82, 2.24) is 5.43 Å². The van der Waals surface area contributed by atoms with Gasteiger partial charge in [-0.25, -0.2) is 5.43 Å². The number of hydrazone groups is 1. The smallest absolute Gasteiger partial charge is 0.277 e. The number of nitrogens with zero attached hydrogens (tertiary/aromatic N) is 1. The minimum atomic E-state index is -0.326. The number of carbonyl (C=O) groups is 1. The fourth-order valence-electron chi connectivity index (χ4n) is 3.28. The van der Waals surface area contributed by atoms with Gasteiger partial charge in [-0.1, -0.05) is 82.7 Å². The molecular weight excluding hydrogens is 532 g/mol. The van der Waals surface area contributed by atoms with Gasteiger partial charge < -0.3 is 4.74 Å². The predicted molar refractivity (Wildman–Crippen MR) is 137 cm³/mol. The Morgan fingerprint density at radius 2 is 1.62 bits per heavy atom. The Morgan fingerprint density at radius 1 is 0.906 bits per heavy atom. The SMILES string of the molecule is C/C(=N\NC(=O)COc1ccc2cc(Br)ccc2c1Br)c1ccc(-c2ccccc2)cc1. The number of benzene rings is 4. The second-order valence-electron chi connectivity index (χ2n) is 7.21. The maximum atomic E-state index is 12.2. The molecule has 0 bridgehead atoms. The highest BCUT2D eigenvalue weighted by atomic mass is 79.9. The first-order valence-electron chi connectivity index (χ1n) is 10.0. The third-order valence-electron chi connectivity index (χ3n) is 5.00. The summed E-state index contributed by atoms with van der Waals surface area (Å²) >= 11 is 7.05. The zero-order valence-corrected chi connectivity index (χ0v) is 20.5. The molecule has 0 unspecified atom stereocenters. The van der Waals surface area contributed by atoms with E-state index in [0.717, 1.165) is 42.1 Å². The lowest BCUT2D eigenvalue weighted by Crippen LogP contribution is -2.25. The van der Waals surface area contributed by atoms with Gasteiger partial charge in [0.2, 0.25) is 0 Å². The molecule has 32 heavy (non-hydrogen) atoms. The molecular formula is C26H20Br2N2O2. The number of nitrogens with one attached hydrogen (secondary N) is 1. The summed E-state index contributed by atoms with van der Waals surface area (Å²) in [6.07, 6.45) is 0. The Hall–Kier alpha value is -2.96. The second-order valence-corrected chi connectivity index (χ2v) is 8.92. The van der Waals surface area contributed by atoms with Gasteiger partial charge in [0.15, 0.2) is 6.61 Å². The van der Waals surface area contributed by atoms with E-state index in [1.165, 1.54) is 0 Å². The highest BCUT2D eigenvalue weighted by Gasteiger charge is 2.09. The topological polar surface area (TPSA) is 50.7 Å². The lowest BCUT2D eigenvalue weighted by molar-refractivity contribution is -0.123. The lowest BCUT2D eigenvalue weighted by Gasteiger charge is -2.10. The average molecular weight is 552 g/mol. The largest absolute Gasteiger partial charge is 0.483 e. The summed E-state index contributed by atoms with van der Waals surface area (Å²) in [6.45, 7) is 1.72. The van der Waals surface area contributed by atoms with Gasteiger partial charge in [-0.15, -0.1) is 0 Å². The quantitative estimate of drug-likeness (QED) is 0.208. The number of hydrogen-bond acceptors (Lipinski definition) is 3. The molecule has 0 fully saturated rings. The van der Waals surface area contributed by atoms with Gasteiger partial charge in [0.25, 0.3) is 5.91 Å². The number of ether oxygens (including phenoxy) is 1. The molecule has 0 saturated heterocycles. The first-order chi connectivity index (χ1) is 15.5. The van der Waals surface area contributed by atoms with E-state index in [1.807, 2.05) is 79.7 Å². The molecule has 0 aliphatic rings. The van der Waals surface area contributed by atoms with Crippen molar-refractivity contribution in [3.63, 3.8) is 0 Å². The zero-order valence-electron chi connectivity index (χ0n) is 17.3. The molecule has 0 atom stereocenters. The summed E-state index contributed by atoms with van der Waals surface area (Å²) < 4.78 is 7.52. The van der Waals surface area contributed by atoms with Crippen LogP contribution in [0.3, 0.4) is 0 Å². The van der Waals surface area contributed by atoms with Crippen LogP contribution in [0.4, 0.5) is 0 Å². The average Bonchev–Trinajstić information content (AvgIpc) is 2.82. The Labute approximate surface area is 203 Å². The molecule has 0 aromatic heterocycles. The van der Waals surface area contributed by atoms with E-state index in [9.17, 15) is 4.79 Å². The van der Waals surface area contributed by atoms with Crippen molar-refractivity contribution in [3.8, 4) is 16.9 Å². The molecule has 1 N–H and O–H groups in total. The minimum absolute atomic E-state index is 0.135. The van der Waals surface area contributed by atoms with Crippen LogP contribution in [0.5, 0.6) is 5.75 Å². The van der Waals surface area contributed by atoms with Crippen LogP contribution >= 0.6 is 31.9 Å². The van der Waals surface area contributed by atoms with Crippen molar-refractivity contribution >= 4 is 54.3 Å². The number of amides is 1. The van der Waals surface area contributed by atoms with Crippen LogP contribution < -0.4 is 10.2 Å². The first kappa shape index (κ1) is 22.2. The van der Waals surface area contributed by atoms with Crippen LogP contribution in [0.2, 0.25) is 0 Å². The van der Waals surface area contributed by atoms with Crippen molar-refractivity contribution in [2.24, 2.45) is 5.10 Å². The molecule has 0 aliphatic carbocycles. The van der Waals surface area contributed by atoms with Gasteiger partial charge in [0, 0.05) is 4.47 Å². The number of halogens is 2. The summed E-state index contributed by atoms with van der Waals surface area (Å²) in [5.74, 6) is 0.278. The van der Waals surface area contributed by atoms with E-state index in [1.54, 1.807) is 0 Å². The van der Waals surface area contributed by atoms with Crippen LogP contribution in [0.25, 0.3) is 21.9 Å². The maximum Gasteiger partial charge on any atom is 0.277 e. The third-order valence-corrected chi connectivity index (χ3v) is 6.31. The van der Waals surface area contributed by atoms with Gasteiger partial charge >= 0.3 is 0 Å².